The number of hydrogen-bond acceptors (Lipinski definition) is 4. The van der Waals surface area contributed by atoms with Crippen molar-refractivity contribution < 1.29 is 14.3 Å². The number of anilines is 1. The summed E-state index contributed by atoms with van der Waals surface area (Å²) in [4.78, 5) is 12.0. The molecule has 2 rings (SSSR count). The lowest BCUT2D eigenvalue weighted by molar-refractivity contribution is -0.126. The van der Waals surface area contributed by atoms with E-state index in [0.29, 0.717) is 6.54 Å². The largest absolute Gasteiger partial charge is 0.496 e. The summed E-state index contributed by atoms with van der Waals surface area (Å²) in [5, 5.41) is 2.86. The number of amides is 1. The van der Waals surface area contributed by atoms with Gasteiger partial charge in [0.1, 0.15) is 11.9 Å². The van der Waals surface area contributed by atoms with Crippen LogP contribution in [0.1, 0.15) is 18.4 Å². The molecule has 1 fully saturated rings. The molecule has 1 aliphatic rings. The van der Waals surface area contributed by atoms with Crippen molar-refractivity contribution >= 4 is 11.6 Å². The Labute approximate surface area is 113 Å². The molecule has 2 atom stereocenters. The molecule has 5 nitrogen and oxygen atoms in total. The van der Waals surface area contributed by atoms with E-state index in [4.69, 9.17) is 15.2 Å². The molecule has 1 aromatic carbocycles. The number of carbonyl (C=O) groups is 1. The minimum atomic E-state index is -0.393. The van der Waals surface area contributed by atoms with Crippen LogP contribution in [0.3, 0.4) is 0 Å². The second-order valence-electron chi connectivity index (χ2n) is 4.73. The molecule has 1 aliphatic heterocycles. The van der Waals surface area contributed by atoms with E-state index in [1.165, 1.54) is 0 Å². The summed E-state index contributed by atoms with van der Waals surface area (Å²) in [6.07, 6.45) is 1.18. The Morgan fingerprint density at radius 3 is 2.89 bits per heavy atom. The number of ether oxygens (including phenoxy) is 2. The van der Waals surface area contributed by atoms with E-state index in [2.05, 4.69) is 5.32 Å². The van der Waals surface area contributed by atoms with Crippen LogP contribution in [0.2, 0.25) is 0 Å². The first-order valence-electron chi connectivity index (χ1n) is 6.45. The fraction of sp³-hybridized carbons (Fsp3) is 0.500. The van der Waals surface area contributed by atoms with Crippen LogP contribution in [0.15, 0.2) is 18.2 Å². The second kappa shape index (κ2) is 6.04. The molecule has 1 aromatic rings. The number of hydrogen-bond donors (Lipinski definition) is 2. The molecule has 0 saturated carbocycles. The highest BCUT2D eigenvalue weighted by Gasteiger charge is 2.29. The van der Waals surface area contributed by atoms with Crippen molar-refractivity contribution in [2.75, 3.05) is 19.0 Å². The van der Waals surface area contributed by atoms with Crippen LogP contribution in [0, 0.1) is 6.92 Å². The SMILES string of the molecule is COc1ccc(NC(=O)C2CCC(CN)O2)cc1C. The number of nitrogens with two attached hydrogens (primary N) is 1. The van der Waals surface area contributed by atoms with E-state index in [9.17, 15) is 4.79 Å². The summed E-state index contributed by atoms with van der Waals surface area (Å²) in [7, 11) is 1.62. The molecule has 1 amide bonds. The maximum absolute atomic E-state index is 12.0. The van der Waals surface area contributed by atoms with Gasteiger partial charge in [0.2, 0.25) is 0 Å². The van der Waals surface area contributed by atoms with E-state index < -0.39 is 6.10 Å². The third-order valence-corrected chi connectivity index (χ3v) is 3.33. The standard InChI is InChI=1S/C14H20N2O3/c1-9-7-10(3-5-12(9)18-2)16-14(17)13-6-4-11(8-15)19-13/h3,5,7,11,13H,4,6,8,15H2,1-2H3,(H,16,17). The lowest BCUT2D eigenvalue weighted by Gasteiger charge is -2.13. The molecule has 2 unspecified atom stereocenters. The average Bonchev–Trinajstić information content (AvgIpc) is 2.88. The molecule has 0 bridgehead atoms. The van der Waals surface area contributed by atoms with Gasteiger partial charge >= 0.3 is 0 Å². The van der Waals surface area contributed by atoms with Gasteiger partial charge in [-0.2, -0.15) is 0 Å². The van der Waals surface area contributed by atoms with Crippen LogP contribution in [-0.2, 0) is 9.53 Å². The van der Waals surface area contributed by atoms with E-state index in [0.717, 1.165) is 29.8 Å². The third kappa shape index (κ3) is 3.24. The Kier molecular flexibility index (Phi) is 4.39. The normalized spacial score (nSPS) is 22.3. The Hall–Kier alpha value is -1.59. The van der Waals surface area contributed by atoms with Crippen molar-refractivity contribution in [2.45, 2.75) is 32.0 Å². The van der Waals surface area contributed by atoms with Gasteiger partial charge in [0.15, 0.2) is 0 Å². The van der Waals surface area contributed by atoms with Gasteiger partial charge in [0, 0.05) is 12.2 Å². The number of nitrogens with one attached hydrogen (secondary N) is 1. The van der Waals surface area contributed by atoms with Crippen molar-refractivity contribution in [1.29, 1.82) is 0 Å². The monoisotopic (exact) mass is 264 g/mol. The number of rotatable bonds is 4. The van der Waals surface area contributed by atoms with Crippen LogP contribution in [0.5, 0.6) is 5.75 Å². The van der Waals surface area contributed by atoms with Crippen molar-refractivity contribution in [1.82, 2.24) is 0 Å². The molecular formula is C14H20N2O3. The zero-order valence-corrected chi connectivity index (χ0v) is 11.3. The minimum Gasteiger partial charge on any atom is -0.496 e. The molecule has 0 aromatic heterocycles. The fourth-order valence-corrected chi connectivity index (χ4v) is 2.25. The smallest absolute Gasteiger partial charge is 0.253 e. The highest BCUT2D eigenvalue weighted by atomic mass is 16.5. The van der Waals surface area contributed by atoms with E-state index in [1.807, 2.05) is 25.1 Å². The molecular weight excluding hydrogens is 244 g/mol. The molecule has 3 N–H and O–H groups in total. The van der Waals surface area contributed by atoms with Gasteiger partial charge in [-0.05, 0) is 43.5 Å². The zero-order chi connectivity index (χ0) is 13.8. The zero-order valence-electron chi connectivity index (χ0n) is 11.3. The predicted molar refractivity (Wildman–Crippen MR) is 73.3 cm³/mol. The lowest BCUT2D eigenvalue weighted by Crippen LogP contribution is -2.29. The average molecular weight is 264 g/mol. The Bertz CT molecular complexity index is 462. The van der Waals surface area contributed by atoms with Crippen LogP contribution < -0.4 is 15.8 Å². The van der Waals surface area contributed by atoms with Crippen LogP contribution >= 0.6 is 0 Å². The first-order chi connectivity index (χ1) is 9.13. The van der Waals surface area contributed by atoms with Gasteiger partial charge in [-0.3, -0.25) is 4.79 Å². The van der Waals surface area contributed by atoms with Gasteiger partial charge in [0.05, 0.1) is 13.2 Å². The van der Waals surface area contributed by atoms with Gasteiger partial charge in [0.25, 0.3) is 5.91 Å². The molecule has 1 heterocycles. The summed E-state index contributed by atoms with van der Waals surface area (Å²) in [6.45, 7) is 2.40. The highest BCUT2D eigenvalue weighted by molar-refractivity contribution is 5.94. The summed E-state index contributed by atoms with van der Waals surface area (Å²) in [6, 6.07) is 5.54. The summed E-state index contributed by atoms with van der Waals surface area (Å²) in [5.74, 6) is 0.693. The maximum Gasteiger partial charge on any atom is 0.253 e. The predicted octanol–water partition coefficient (Wildman–Crippen LogP) is 1.45. The van der Waals surface area contributed by atoms with Crippen LogP contribution in [0.4, 0.5) is 5.69 Å². The van der Waals surface area contributed by atoms with Crippen molar-refractivity contribution in [2.24, 2.45) is 5.73 Å². The fourth-order valence-electron chi connectivity index (χ4n) is 2.25. The second-order valence-corrected chi connectivity index (χ2v) is 4.73. The van der Waals surface area contributed by atoms with Crippen molar-refractivity contribution in [3.63, 3.8) is 0 Å². The molecule has 19 heavy (non-hydrogen) atoms. The molecule has 1 saturated heterocycles. The molecule has 0 aliphatic carbocycles. The van der Waals surface area contributed by atoms with Crippen molar-refractivity contribution in [3.05, 3.63) is 23.8 Å². The molecule has 0 spiro atoms. The first kappa shape index (κ1) is 13.8. The highest BCUT2D eigenvalue weighted by Crippen LogP contribution is 2.23. The topological polar surface area (TPSA) is 73.6 Å². The van der Waals surface area contributed by atoms with Gasteiger partial charge in [-0.1, -0.05) is 0 Å². The number of aryl methyl sites for hydroxylation is 1. The molecule has 0 radical (unpaired) electrons. The molecule has 5 heteroatoms. The van der Waals surface area contributed by atoms with Crippen LogP contribution in [0.25, 0.3) is 0 Å². The number of carbonyl (C=O) groups excluding carboxylic acids is 1. The quantitative estimate of drug-likeness (QED) is 0.863. The summed E-state index contributed by atoms with van der Waals surface area (Å²) < 4.78 is 10.7. The third-order valence-electron chi connectivity index (χ3n) is 3.33. The van der Waals surface area contributed by atoms with E-state index >= 15 is 0 Å². The Morgan fingerprint density at radius 2 is 2.32 bits per heavy atom. The summed E-state index contributed by atoms with van der Waals surface area (Å²) in [5.41, 5.74) is 7.26. The Morgan fingerprint density at radius 1 is 1.53 bits per heavy atom. The maximum atomic E-state index is 12.0. The lowest BCUT2D eigenvalue weighted by atomic mass is 10.1. The first-order valence-corrected chi connectivity index (χ1v) is 6.45. The molecule has 104 valence electrons. The van der Waals surface area contributed by atoms with Crippen molar-refractivity contribution in [3.8, 4) is 5.75 Å². The Balaban J connectivity index is 1.97. The van der Waals surface area contributed by atoms with Gasteiger partial charge < -0.3 is 20.5 Å². The van der Waals surface area contributed by atoms with Crippen LogP contribution in [-0.4, -0.2) is 31.8 Å². The minimum absolute atomic E-state index is 0.00773. The van der Waals surface area contributed by atoms with Gasteiger partial charge in [-0.25, -0.2) is 0 Å². The number of benzene rings is 1. The summed E-state index contributed by atoms with van der Waals surface area (Å²) >= 11 is 0. The van der Waals surface area contributed by atoms with E-state index in [-0.39, 0.29) is 12.0 Å². The van der Waals surface area contributed by atoms with Gasteiger partial charge in [-0.15, -0.1) is 0 Å². The number of methoxy groups -OCH3 is 1. The van der Waals surface area contributed by atoms with E-state index in [1.54, 1.807) is 7.11 Å².